The average Bonchev–Trinajstić information content (AvgIpc) is 3.02. The zero-order valence-electron chi connectivity index (χ0n) is 24.9. The second kappa shape index (κ2) is 13.2. The SMILES string of the molecule is CC(C)(C(=O)O)n1c(=O)c2cc(F)c(F)cc2n(CCCCN2CCC(OC(c3ccccc3)c3ccccc3)CC2)c1=O. The quantitative estimate of drug-likeness (QED) is 0.233. The summed E-state index contributed by atoms with van der Waals surface area (Å²) >= 11 is 0. The van der Waals surface area contributed by atoms with Crippen LogP contribution in [-0.4, -0.2) is 50.8 Å². The molecule has 0 amide bonds. The number of rotatable bonds is 11. The number of carbonyl (C=O) groups is 1. The number of carboxylic acid groups (broad SMARTS) is 1. The highest BCUT2D eigenvalue weighted by molar-refractivity contribution is 5.80. The molecule has 1 aliphatic rings. The van der Waals surface area contributed by atoms with Crippen molar-refractivity contribution < 1.29 is 23.4 Å². The van der Waals surface area contributed by atoms with Gasteiger partial charge >= 0.3 is 11.7 Å². The number of piperidine rings is 1. The minimum Gasteiger partial charge on any atom is -0.480 e. The van der Waals surface area contributed by atoms with Crippen molar-refractivity contribution in [2.75, 3.05) is 19.6 Å². The Balaban J connectivity index is 1.23. The number of hydrogen-bond donors (Lipinski definition) is 1. The van der Waals surface area contributed by atoms with Gasteiger partial charge in [0.15, 0.2) is 11.6 Å². The fourth-order valence-electron chi connectivity index (χ4n) is 5.84. The van der Waals surface area contributed by atoms with Crippen LogP contribution in [0.5, 0.6) is 0 Å². The van der Waals surface area contributed by atoms with E-state index in [4.69, 9.17) is 4.74 Å². The van der Waals surface area contributed by atoms with Gasteiger partial charge in [0.2, 0.25) is 0 Å². The summed E-state index contributed by atoms with van der Waals surface area (Å²) in [7, 11) is 0. The van der Waals surface area contributed by atoms with Crippen LogP contribution in [0.4, 0.5) is 8.78 Å². The van der Waals surface area contributed by atoms with Crippen LogP contribution in [0.3, 0.4) is 0 Å². The maximum Gasteiger partial charge on any atom is 0.332 e. The minimum atomic E-state index is -1.89. The fourth-order valence-corrected chi connectivity index (χ4v) is 5.84. The van der Waals surface area contributed by atoms with Gasteiger partial charge in [-0.05, 0) is 63.3 Å². The molecule has 1 fully saturated rings. The van der Waals surface area contributed by atoms with Crippen LogP contribution < -0.4 is 11.2 Å². The molecule has 0 radical (unpaired) electrons. The molecular weight excluding hydrogens is 568 g/mol. The van der Waals surface area contributed by atoms with E-state index in [1.165, 1.54) is 18.4 Å². The molecule has 1 aromatic heterocycles. The molecule has 0 atom stereocenters. The van der Waals surface area contributed by atoms with Gasteiger partial charge in [0.25, 0.3) is 5.56 Å². The Bertz CT molecular complexity index is 1690. The number of unbranched alkanes of at least 4 members (excludes halogenated alkanes) is 1. The summed E-state index contributed by atoms with van der Waals surface area (Å²) in [6, 6.07) is 22.0. The Morgan fingerprint density at radius 3 is 2.02 bits per heavy atom. The lowest BCUT2D eigenvalue weighted by atomic mass is 10.00. The van der Waals surface area contributed by atoms with Gasteiger partial charge in [0, 0.05) is 25.7 Å². The number of halogens is 2. The lowest BCUT2D eigenvalue weighted by Gasteiger charge is -2.34. The van der Waals surface area contributed by atoms with Gasteiger partial charge in [-0.2, -0.15) is 0 Å². The van der Waals surface area contributed by atoms with Crippen LogP contribution in [0.2, 0.25) is 0 Å². The minimum absolute atomic E-state index is 0.0549. The highest BCUT2D eigenvalue weighted by atomic mass is 19.2. The van der Waals surface area contributed by atoms with E-state index in [-0.39, 0.29) is 29.7 Å². The highest BCUT2D eigenvalue weighted by Gasteiger charge is 2.34. The van der Waals surface area contributed by atoms with Crippen molar-refractivity contribution in [2.45, 2.75) is 63.8 Å². The number of benzene rings is 3. The number of ether oxygens (including phenoxy) is 1. The van der Waals surface area contributed by atoms with Crippen molar-refractivity contribution in [3.8, 4) is 0 Å². The molecule has 44 heavy (non-hydrogen) atoms. The second-order valence-electron chi connectivity index (χ2n) is 11.8. The first-order valence-corrected chi connectivity index (χ1v) is 14.9. The predicted octanol–water partition coefficient (Wildman–Crippen LogP) is 5.31. The van der Waals surface area contributed by atoms with E-state index >= 15 is 0 Å². The first-order chi connectivity index (χ1) is 21.1. The van der Waals surface area contributed by atoms with Crippen LogP contribution in [0.15, 0.2) is 82.4 Å². The van der Waals surface area contributed by atoms with E-state index in [9.17, 15) is 28.3 Å². The number of aryl methyl sites for hydroxylation is 1. The van der Waals surface area contributed by atoms with E-state index in [2.05, 4.69) is 29.2 Å². The number of nitrogens with zero attached hydrogens (tertiary/aromatic N) is 3. The van der Waals surface area contributed by atoms with E-state index in [1.54, 1.807) is 0 Å². The van der Waals surface area contributed by atoms with Crippen LogP contribution in [-0.2, 0) is 21.6 Å². The van der Waals surface area contributed by atoms with Gasteiger partial charge in [-0.1, -0.05) is 60.7 Å². The molecule has 5 rings (SSSR count). The normalized spacial score (nSPS) is 14.8. The predicted molar refractivity (Wildman–Crippen MR) is 164 cm³/mol. The van der Waals surface area contributed by atoms with E-state index < -0.39 is 34.4 Å². The Labute approximate surface area is 254 Å². The third-order valence-corrected chi connectivity index (χ3v) is 8.44. The summed E-state index contributed by atoms with van der Waals surface area (Å²) in [5, 5.41) is 9.44. The van der Waals surface area contributed by atoms with Crippen molar-refractivity contribution in [1.82, 2.24) is 14.0 Å². The van der Waals surface area contributed by atoms with Gasteiger partial charge in [-0.15, -0.1) is 0 Å². The molecule has 0 saturated carbocycles. The number of likely N-dealkylation sites (tertiary alicyclic amines) is 1. The first-order valence-electron chi connectivity index (χ1n) is 14.9. The fraction of sp³-hybridized carbons (Fsp3) is 0.382. The van der Waals surface area contributed by atoms with E-state index in [1.807, 2.05) is 36.4 Å². The molecule has 0 spiro atoms. The first kappa shape index (κ1) is 31.3. The summed E-state index contributed by atoms with van der Waals surface area (Å²) in [5.41, 5.74) is -1.55. The lowest BCUT2D eigenvalue weighted by Crippen LogP contribution is -2.52. The molecule has 2 heterocycles. The maximum absolute atomic E-state index is 14.2. The summed E-state index contributed by atoms with van der Waals surface area (Å²) in [6.45, 7) is 5.04. The van der Waals surface area contributed by atoms with Crippen molar-refractivity contribution in [3.63, 3.8) is 0 Å². The molecule has 1 saturated heterocycles. The molecule has 8 nitrogen and oxygen atoms in total. The Morgan fingerprint density at radius 1 is 0.909 bits per heavy atom. The molecule has 0 bridgehead atoms. The van der Waals surface area contributed by atoms with Crippen LogP contribution in [0, 0.1) is 11.6 Å². The topological polar surface area (TPSA) is 93.8 Å². The summed E-state index contributed by atoms with van der Waals surface area (Å²) in [5.74, 6) is -3.82. The molecule has 0 aliphatic carbocycles. The molecule has 3 aromatic carbocycles. The highest BCUT2D eigenvalue weighted by Crippen LogP contribution is 2.30. The van der Waals surface area contributed by atoms with E-state index in [0.717, 1.165) is 55.7 Å². The van der Waals surface area contributed by atoms with E-state index in [0.29, 0.717) is 17.4 Å². The van der Waals surface area contributed by atoms with Gasteiger partial charge in [-0.3, -0.25) is 9.36 Å². The third kappa shape index (κ3) is 6.51. The number of aliphatic carboxylic acids is 1. The molecule has 10 heteroatoms. The smallest absolute Gasteiger partial charge is 0.332 e. The van der Waals surface area contributed by atoms with Gasteiger partial charge in [0.1, 0.15) is 11.6 Å². The molecule has 0 unspecified atom stereocenters. The van der Waals surface area contributed by atoms with Crippen LogP contribution >= 0.6 is 0 Å². The Kier molecular flexibility index (Phi) is 9.41. The summed E-state index contributed by atoms with van der Waals surface area (Å²) < 4.78 is 36.7. The van der Waals surface area contributed by atoms with Crippen LogP contribution in [0.1, 0.15) is 56.8 Å². The zero-order chi connectivity index (χ0) is 31.4. The van der Waals surface area contributed by atoms with Gasteiger partial charge in [0.05, 0.1) is 17.0 Å². The molecular formula is C34H37F2N3O5. The van der Waals surface area contributed by atoms with Crippen molar-refractivity contribution in [2.24, 2.45) is 0 Å². The van der Waals surface area contributed by atoms with Crippen molar-refractivity contribution in [1.29, 1.82) is 0 Å². The molecule has 1 N–H and O–H groups in total. The number of carboxylic acids is 1. The molecule has 4 aromatic rings. The monoisotopic (exact) mass is 605 g/mol. The van der Waals surface area contributed by atoms with Gasteiger partial charge < -0.3 is 14.7 Å². The largest absolute Gasteiger partial charge is 0.480 e. The summed E-state index contributed by atoms with van der Waals surface area (Å²) in [6.07, 6.45) is 2.94. The lowest BCUT2D eigenvalue weighted by molar-refractivity contribution is -0.146. The molecule has 1 aliphatic heterocycles. The van der Waals surface area contributed by atoms with Crippen LogP contribution in [0.25, 0.3) is 10.9 Å². The number of fused-ring (bicyclic) bond motifs is 1. The third-order valence-electron chi connectivity index (χ3n) is 8.44. The molecule has 232 valence electrons. The average molecular weight is 606 g/mol. The van der Waals surface area contributed by atoms with Gasteiger partial charge in [-0.25, -0.2) is 22.9 Å². The number of aromatic nitrogens is 2. The Morgan fingerprint density at radius 2 is 1.45 bits per heavy atom. The zero-order valence-corrected chi connectivity index (χ0v) is 24.9. The second-order valence-corrected chi connectivity index (χ2v) is 11.8. The van der Waals surface area contributed by atoms with Crippen molar-refractivity contribution in [3.05, 3.63) is 116 Å². The Hall–Kier alpha value is -4.15. The maximum atomic E-state index is 14.2. The summed E-state index contributed by atoms with van der Waals surface area (Å²) in [4.78, 5) is 40.7. The van der Waals surface area contributed by atoms with Crippen molar-refractivity contribution >= 4 is 16.9 Å². The number of hydrogen-bond acceptors (Lipinski definition) is 5. The standard InChI is InChI=1S/C34H37F2N3O5/c1-34(2,32(41)42)39-31(40)26-21-27(35)28(36)22-29(26)38(33(39)43)18-10-9-17-37-19-15-25(16-20-37)44-30(23-11-5-3-6-12-23)24-13-7-4-8-14-24/h3-8,11-14,21-22,25,30H,9-10,15-20H2,1-2H3,(H,41,42).